The second-order valence-electron chi connectivity index (χ2n) is 7.08. The Morgan fingerprint density at radius 1 is 1.35 bits per heavy atom. The van der Waals surface area contributed by atoms with Crippen molar-refractivity contribution in [1.82, 2.24) is 4.90 Å². The first-order valence-electron chi connectivity index (χ1n) is 9.12. The zero-order valence-electron chi connectivity index (χ0n) is 14.8. The zero-order chi connectivity index (χ0) is 17.9. The van der Waals surface area contributed by atoms with Gasteiger partial charge in [0.1, 0.15) is 17.6 Å². The van der Waals surface area contributed by atoms with Crippen molar-refractivity contribution < 1.29 is 18.5 Å². The Labute approximate surface area is 152 Å². The largest absolute Gasteiger partial charge is 0.381 e. The SMILES string of the molecule is C=[N+]1N=NC(c2ccccc2F)=C1COC1CCN(CC2CCOC2)C1. The van der Waals surface area contributed by atoms with E-state index in [-0.39, 0.29) is 11.9 Å². The van der Waals surface area contributed by atoms with Gasteiger partial charge in [-0.3, -0.25) is 0 Å². The fourth-order valence-electron chi connectivity index (χ4n) is 3.73. The number of halogens is 1. The lowest BCUT2D eigenvalue weighted by Gasteiger charge is -2.19. The second-order valence-corrected chi connectivity index (χ2v) is 7.08. The van der Waals surface area contributed by atoms with Crippen molar-refractivity contribution in [3.05, 3.63) is 41.3 Å². The highest BCUT2D eigenvalue weighted by Gasteiger charge is 2.32. The predicted molar refractivity (Wildman–Crippen MR) is 95.3 cm³/mol. The molecule has 2 fully saturated rings. The molecule has 0 aromatic heterocycles. The molecule has 2 unspecified atom stereocenters. The summed E-state index contributed by atoms with van der Waals surface area (Å²) in [5.74, 6) is 0.326. The van der Waals surface area contributed by atoms with Crippen LogP contribution in [0.2, 0.25) is 0 Å². The van der Waals surface area contributed by atoms with Crippen molar-refractivity contribution in [3.63, 3.8) is 0 Å². The third kappa shape index (κ3) is 3.75. The molecule has 4 rings (SSSR count). The number of hydrogen-bond donors (Lipinski definition) is 0. The molecule has 6 nitrogen and oxygen atoms in total. The number of rotatable bonds is 6. The molecule has 7 heteroatoms. The van der Waals surface area contributed by atoms with E-state index in [0.717, 1.165) is 45.7 Å². The minimum atomic E-state index is -0.319. The Kier molecular flexibility index (Phi) is 5.19. The summed E-state index contributed by atoms with van der Waals surface area (Å²) in [5, 5.41) is 8.03. The molecular formula is C19H24FN4O2+. The van der Waals surface area contributed by atoms with Gasteiger partial charge in [0.05, 0.1) is 30.1 Å². The molecule has 0 radical (unpaired) electrons. The molecule has 26 heavy (non-hydrogen) atoms. The molecule has 2 atom stereocenters. The van der Waals surface area contributed by atoms with Gasteiger partial charge in [0.2, 0.25) is 5.70 Å². The molecule has 0 bridgehead atoms. The van der Waals surface area contributed by atoms with Crippen LogP contribution in [-0.4, -0.2) is 61.9 Å². The van der Waals surface area contributed by atoms with E-state index in [4.69, 9.17) is 9.47 Å². The van der Waals surface area contributed by atoms with Crippen LogP contribution in [0.3, 0.4) is 0 Å². The van der Waals surface area contributed by atoms with E-state index in [1.165, 1.54) is 10.8 Å². The minimum absolute atomic E-state index is 0.167. The van der Waals surface area contributed by atoms with Crippen molar-refractivity contribution in [2.24, 2.45) is 16.3 Å². The predicted octanol–water partition coefficient (Wildman–Crippen LogP) is 2.72. The van der Waals surface area contributed by atoms with Crippen LogP contribution in [0.5, 0.6) is 0 Å². The van der Waals surface area contributed by atoms with Gasteiger partial charge in [0, 0.05) is 26.2 Å². The minimum Gasteiger partial charge on any atom is -0.381 e. The lowest BCUT2D eigenvalue weighted by molar-refractivity contribution is -0.479. The van der Waals surface area contributed by atoms with E-state index in [1.807, 2.05) is 0 Å². The molecule has 0 spiro atoms. The van der Waals surface area contributed by atoms with Gasteiger partial charge in [0.15, 0.2) is 0 Å². The van der Waals surface area contributed by atoms with Gasteiger partial charge in [-0.25, -0.2) is 4.39 Å². The average molecular weight is 359 g/mol. The van der Waals surface area contributed by atoms with Crippen LogP contribution in [0.4, 0.5) is 4.39 Å². The van der Waals surface area contributed by atoms with Crippen LogP contribution in [0, 0.1) is 11.7 Å². The molecule has 0 N–H and O–H groups in total. The van der Waals surface area contributed by atoms with Gasteiger partial charge in [-0.05, 0) is 30.9 Å². The highest BCUT2D eigenvalue weighted by Crippen LogP contribution is 2.29. The van der Waals surface area contributed by atoms with E-state index in [2.05, 4.69) is 22.0 Å². The van der Waals surface area contributed by atoms with E-state index in [1.54, 1.807) is 18.2 Å². The van der Waals surface area contributed by atoms with Crippen LogP contribution in [-0.2, 0) is 9.47 Å². The Morgan fingerprint density at radius 3 is 3.04 bits per heavy atom. The number of ether oxygens (including phenoxy) is 2. The number of hydrogen-bond acceptors (Lipinski definition) is 5. The van der Waals surface area contributed by atoms with Crippen LogP contribution >= 0.6 is 0 Å². The first-order valence-corrected chi connectivity index (χ1v) is 9.12. The smallest absolute Gasteiger partial charge is 0.260 e. The molecular weight excluding hydrogens is 335 g/mol. The van der Waals surface area contributed by atoms with Crippen molar-refractivity contribution >= 4 is 12.4 Å². The monoisotopic (exact) mass is 359 g/mol. The number of likely N-dealkylation sites (tertiary alicyclic amines) is 1. The molecule has 3 heterocycles. The van der Waals surface area contributed by atoms with Gasteiger partial charge in [-0.2, -0.15) is 0 Å². The number of nitrogens with zero attached hydrogens (tertiary/aromatic N) is 4. The van der Waals surface area contributed by atoms with Crippen LogP contribution in [0.1, 0.15) is 18.4 Å². The zero-order valence-corrected chi connectivity index (χ0v) is 14.8. The lowest BCUT2D eigenvalue weighted by atomic mass is 10.1. The van der Waals surface area contributed by atoms with E-state index in [9.17, 15) is 4.39 Å². The third-order valence-electron chi connectivity index (χ3n) is 5.19. The first kappa shape index (κ1) is 17.5. The lowest BCUT2D eigenvalue weighted by Crippen LogP contribution is -2.29. The van der Waals surface area contributed by atoms with Crippen molar-refractivity contribution in [3.8, 4) is 0 Å². The molecule has 0 amide bonds. The summed E-state index contributed by atoms with van der Waals surface area (Å²) in [7, 11) is 0. The highest BCUT2D eigenvalue weighted by atomic mass is 19.1. The fraction of sp³-hybridized carbons (Fsp3) is 0.526. The summed E-state index contributed by atoms with van der Waals surface area (Å²) in [6, 6.07) is 6.56. The molecule has 3 aliphatic heterocycles. The normalized spacial score (nSPS) is 26.4. The van der Waals surface area contributed by atoms with Crippen molar-refractivity contribution in [2.45, 2.75) is 18.9 Å². The van der Waals surface area contributed by atoms with E-state index >= 15 is 0 Å². The Balaban J connectivity index is 1.37. The summed E-state index contributed by atoms with van der Waals surface area (Å²) in [6.45, 7) is 8.97. The molecule has 138 valence electrons. The summed E-state index contributed by atoms with van der Waals surface area (Å²) < 4.78 is 27.1. The van der Waals surface area contributed by atoms with Crippen LogP contribution in [0.25, 0.3) is 5.70 Å². The first-order chi connectivity index (χ1) is 12.7. The Morgan fingerprint density at radius 2 is 2.23 bits per heavy atom. The van der Waals surface area contributed by atoms with Gasteiger partial charge in [-0.1, -0.05) is 12.1 Å². The molecule has 0 aliphatic carbocycles. The van der Waals surface area contributed by atoms with Gasteiger partial charge in [-0.15, -0.1) is 4.68 Å². The summed E-state index contributed by atoms with van der Waals surface area (Å²) in [6.07, 6.45) is 2.32. The summed E-state index contributed by atoms with van der Waals surface area (Å²) >= 11 is 0. The standard InChI is InChI=1S/C19H24FN4O2/c1-23-18(19(21-22-23)16-4-2-3-5-17(16)20)13-26-15-6-8-24(11-15)10-14-7-9-25-12-14/h2-5,14-15H,1,6-13H2/q+1. The Bertz CT molecular complexity index is 743. The van der Waals surface area contributed by atoms with Crippen molar-refractivity contribution in [2.75, 3.05) is 39.5 Å². The molecule has 3 aliphatic rings. The quantitative estimate of drug-likeness (QED) is 0.734. The summed E-state index contributed by atoms with van der Waals surface area (Å²) in [4.78, 5) is 2.45. The second kappa shape index (κ2) is 7.73. The van der Waals surface area contributed by atoms with Crippen LogP contribution in [0.15, 0.2) is 40.3 Å². The van der Waals surface area contributed by atoms with Crippen molar-refractivity contribution in [1.29, 1.82) is 0 Å². The van der Waals surface area contributed by atoms with Crippen LogP contribution < -0.4 is 0 Å². The van der Waals surface area contributed by atoms with Gasteiger partial charge >= 0.3 is 0 Å². The van der Waals surface area contributed by atoms with E-state index < -0.39 is 0 Å². The maximum absolute atomic E-state index is 14.1. The molecule has 0 saturated carbocycles. The average Bonchev–Trinajstić information content (AvgIpc) is 3.37. The topological polar surface area (TPSA) is 49.4 Å². The molecule has 1 aromatic carbocycles. The number of benzene rings is 1. The van der Waals surface area contributed by atoms with E-state index in [0.29, 0.717) is 29.5 Å². The van der Waals surface area contributed by atoms with Gasteiger partial charge < -0.3 is 14.4 Å². The third-order valence-corrected chi connectivity index (χ3v) is 5.19. The maximum Gasteiger partial charge on any atom is 0.260 e. The summed E-state index contributed by atoms with van der Waals surface area (Å²) in [5.41, 5.74) is 1.61. The molecule has 1 aromatic rings. The fourth-order valence-corrected chi connectivity index (χ4v) is 3.73. The highest BCUT2D eigenvalue weighted by molar-refractivity contribution is 5.67. The Hall–Kier alpha value is -1.96. The van der Waals surface area contributed by atoms with Gasteiger partial charge in [0.25, 0.3) is 5.70 Å². The molecule has 2 saturated heterocycles. The maximum atomic E-state index is 14.1.